The van der Waals surface area contributed by atoms with Crippen LogP contribution in [0.5, 0.6) is 0 Å². The fourth-order valence-electron chi connectivity index (χ4n) is 1.99. The van der Waals surface area contributed by atoms with E-state index in [1.807, 2.05) is 6.07 Å². The van der Waals surface area contributed by atoms with Crippen molar-refractivity contribution >= 4 is 17.6 Å². The molecule has 0 saturated carbocycles. The molecule has 6 nitrogen and oxygen atoms in total. The highest BCUT2D eigenvalue weighted by molar-refractivity contribution is 5.96. The van der Waals surface area contributed by atoms with E-state index in [9.17, 15) is 9.59 Å². The Morgan fingerprint density at radius 3 is 2.90 bits per heavy atom. The molecule has 1 saturated heterocycles. The van der Waals surface area contributed by atoms with E-state index < -0.39 is 24.1 Å². The number of hydrogen-bond donors (Lipinski definition) is 1. The van der Waals surface area contributed by atoms with Crippen molar-refractivity contribution in [2.45, 2.75) is 32.0 Å². The summed E-state index contributed by atoms with van der Waals surface area (Å²) in [7, 11) is 0. The molecule has 110 valence electrons. The third kappa shape index (κ3) is 3.80. The number of carbonyl (C=O) groups excluding carboxylic acids is 2. The standard InChI is InChI=1S/C15H16N2O4/c1-10(21-15(19)13-7-4-8-20-13)14(18)17-12-6-3-2-5-11(12)9-16/h2-3,5-6,10,13H,4,7-8H2,1H3,(H,17,18)/t10-,13-/m0/s1. The summed E-state index contributed by atoms with van der Waals surface area (Å²) in [6.07, 6.45) is -0.0968. The summed E-state index contributed by atoms with van der Waals surface area (Å²) in [6, 6.07) is 8.61. The van der Waals surface area contributed by atoms with Crippen LogP contribution < -0.4 is 5.32 Å². The van der Waals surface area contributed by atoms with Gasteiger partial charge in [-0.05, 0) is 31.9 Å². The van der Waals surface area contributed by atoms with Gasteiger partial charge in [-0.1, -0.05) is 12.1 Å². The van der Waals surface area contributed by atoms with E-state index in [-0.39, 0.29) is 0 Å². The van der Waals surface area contributed by atoms with Gasteiger partial charge in [-0.25, -0.2) is 4.79 Å². The largest absolute Gasteiger partial charge is 0.451 e. The molecule has 1 aromatic rings. The van der Waals surface area contributed by atoms with Crippen LogP contribution in [0.4, 0.5) is 5.69 Å². The van der Waals surface area contributed by atoms with Crippen molar-refractivity contribution in [2.24, 2.45) is 0 Å². The van der Waals surface area contributed by atoms with Gasteiger partial charge < -0.3 is 14.8 Å². The second kappa shape index (κ2) is 6.86. The van der Waals surface area contributed by atoms with Crippen molar-refractivity contribution in [1.82, 2.24) is 0 Å². The molecule has 0 radical (unpaired) electrons. The van der Waals surface area contributed by atoms with E-state index >= 15 is 0 Å². The minimum absolute atomic E-state index is 0.350. The molecule has 6 heteroatoms. The van der Waals surface area contributed by atoms with E-state index in [1.54, 1.807) is 24.3 Å². The number of ether oxygens (including phenoxy) is 2. The van der Waals surface area contributed by atoms with E-state index in [0.717, 1.165) is 6.42 Å². The summed E-state index contributed by atoms with van der Waals surface area (Å²) in [6.45, 7) is 2.02. The van der Waals surface area contributed by atoms with Crippen molar-refractivity contribution < 1.29 is 19.1 Å². The summed E-state index contributed by atoms with van der Waals surface area (Å²) < 4.78 is 10.3. The molecule has 1 aliphatic heterocycles. The third-order valence-electron chi connectivity index (χ3n) is 3.16. The lowest BCUT2D eigenvalue weighted by molar-refractivity contribution is -0.162. The number of nitrogens with zero attached hydrogens (tertiary/aromatic N) is 1. The minimum Gasteiger partial charge on any atom is -0.451 e. The number of nitriles is 1. The third-order valence-corrected chi connectivity index (χ3v) is 3.16. The highest BCUT2D eigenvalue weighted by atomic mass is 16.6. The van der Waals surface area contributed by atoms with Crippen LogP contribution in [0.25, 0.3) is 0 Å². The molecule has 1 amide bonds. The quantitative estimate of drug-likeness (QED) is 0.850. The zero-order valence-corrected chi connectivity index (χ0v) is 11.7. The summed E-state index contributed by atoms with van der Waals surface area (Å²) in [5, 5.41) is 11.5. The lowest BCUT2D eigenvalue weighted by atomic mass is 10.2. The number of rotatable bonds is 4. The molecule has 2 rings (SSSR count). The van der Waals surface area contributed by atoms with Crippen molar-refractivity contribution in [3.05, 3.63) is 29.8 Å². The average molecular weight is 288 g/mol. The minimum atomic E-state index is -0.951. The number of amides is 1. The average Bonchev–Trinajstić information content (AvgIpc) is 3.02. The van der Waals surface area contributed by atoms with Crippen LogP contribution >= 0.6 is 0 Å². The predicted octanol–water partition coefficient (Wildman–Crippen LogP) is 1.61. The molecule has 2 atom stereocenters. The SMILES string of the molecule is C[C@H](OC(=O)[C@@H]1CCCO1)C(=O)Nc1ccccc1C#N. The molecular weight excluding hydrogens is 272 g/mol. The van der Waals surface area contributed by atoms with Gasteiger partial charge in [0.25, 0.3) is 5.91 Å². The highest BCUT2D eigenvalue weighted by Crippen LogP contribution is 2.16. The number of carbonyl (C=O) groups is 2. The first kappa shape index (κ1) is 15.0. The Balaban J connectivity index is 1.93. The van der Waals surface area contributed by atoms with Crippen LogP contribution in [0.15, 0.2) is 24.3 Å². The Bertz CT molecular complexity index is 573. The molecule has 1 aromatic carbocycles. The van der Waals surface area contributed by atoms with E-state index in [4.69, 9.17) is 14.7 Å². The van der Waals surface area contributed by atoms with Gasteiger partial charge in [-0.3, -0.25) is 4.79 Å². The Morgan fingerprint density at radius 1 is 1.48 bits per heavy atom. The maximum Gasteiger partial charge on any atom is 0.336 e. The summed E-state index contributed by atoms with van der Waals surface area (Å²) in [5.41, 5.74) is 0.744. The maximum atomic E-state index is 12.0. The molecule has 0 bridgehead atoms. The Kier molecular flexibility index (Phi) is 4.90. The van der Waals surface area contributed by atoms with Crippen LogP contribution in [0.2, 0.25) is 0 Å². The first-order valence-corrected chi connectivity index (χ1v) is 6.74. The van der Waals surface area contributed by atoms with E-state index in [0.29, 0.717) is 24.3 Å². The van der Waals surface area contributed by atoms with Crippen LogP contribution in [0, 0.1) is 11.3 Å². The summed E-state index contributed by atoms with van der Waals surface area (Å²) in [5.74, 6) is -1.01. The van der Waals surface area contributed by atoms with Crippen LogP contribution in [0.3, 0.4) is 0 Å². The molecule has 1 N–H and O–H groups in total. The molecule has 0 aromatic heterocycles. The fourth-order valence-corrected chi connectivity index (χ4v) is 1.99. The van der Waals surface area contributed by atoms with Crippen molar-refractivity contribution in [2.75, 3.05) is 11.9 Å². The van der Waals surface area contributed by atoms with Gasteiger partial charge in [0, 0.05) is 6.61 Å². The van der Waals surface area contributed by atoms with Gasteiger partial charge in [-0.2, -0.15) is 5.26 Å². The molecule has 1 fully saturated rings. The van der Waals surface area contributed by atoms with Crippen molar-refractivity contribution in [1.29, 1.82) is 5.26 Å². The number of anilines is 1. The highest BCUT2D eigenvalue weighted by Gasteiger charge is 2.28. The van der Waals surface area contributed by atoms with Gasteiger partial charge in [0.05, 0.1) is 11.3 Å². The molecule has 0 unspecified atom stereocenters. The Hall–Kier alpha value is -2.39. The first-order valence-electron chi connectivity index (χ1n) is 6.74. The van der Waals surface area contributed by atoms with Gasteiger partial charge in [0.1, 0.15) is 6.07 Å². The van der Waals surface area contributed by atoms with E-state index in [2.05, 4.69) is 5.32 Å². The molecule has 0 aliphatic carbocycles. The molecule has 1 aliphatic rings. The Morgan fingerprint density at radius 2 is 2.24 bits per heavy atom. The maximum absolute atomic E-state index is 12.0. The zero-order valence-electron chi connectivity index (χ0n) is 11.7. The lowest BCUT2D eigenvalue weighted by Gasteiger charge is -2.16. The zero-order chi connectivity index (χ0) is 15.2. The number of hydrogen-bond acceptors (Lipinski definition) is 5. The normalized spacial score (nSPS) is 18.6. The predicted molar refractivity (Wildman–Crippen MR) is 74.3 cm³/mol. The van der Waals surface area contributed by atoms with Crippen molar-refractivity contribution in [3.8, 4) is 6.07 Å². The number of benzene rings is 1. The fraction of sp³-hybridized carbons (Fsp3) is 0.400. The first-order chi connectivity index (χ1) is 10.1. The molecule has 0 spiro atoms. The van der Waals surface area contributed by atoms with Gasteiger partial charge in [-0.15, -0.1) is 0 Å². The molecule has 21 heavy (non-hydrogen) atoms. The molecule has 1 heterocycles. The number of para-hydroxylation sites is 1. The molecular formula is C15H16N2O4. The summed E-state index contributed by atoms with van der Waals surface area (Å²) in [4.78, 5) is 23.7. The topological polar surface area (TPSA) is 88.4 Å². The van der Waals surface area contributed by atoms with Crippen LogP contribution in [-0.2, 0) is 19.1 Å². The number of esters is 1. The van der Waals surface area contributed by atoms with Gasteiger partial charge >= 0.3 is 5.97 Å². The summed E-state index contributed by atoms with van der Waals surface area (Å²) >= 11 is 0. The lowest BCUT2D eigenvalue weighted by Crippen LogP contribution is -2.34. The van der Waals surface area contributed by atoms with Crippen LogP contribution in [0.1, 0.15) is 25.3 Å². The smallest absolute Gasteiger partial charge is 0.336 e. The van der Waals surface area contributed by atoms with Gasteiger partial charge in [0.2, 0.25) is 0 Å². The van der Waals surface area contributed by atoms with Gasteiger partial charge in [0.15, 0.2) is 12.2 Å². The monoisotopic (exact) mass is 288 g/mol. The number of nitrogens with one attached hydrogen (secondary N) is 1. The second-order valence-electron chi connectivity index (χ2n) is 4.73. The van der Waals surface area contributed by atoms with E-state index in [1.165, 1.54) is 6.92 Å². The Labute approximate surface area is 122 Å². The van der Waals surface area contributed by atoms with Crippen molar-refractivity contribution in [3.63, 3.8) is 0 Å². The van der Waals surface area contributed by atoms with Crippen LogP contribution in [-0.4, -0.2) is 30.7 Å². The second-order valence-corrected chi connectivity index (χ2v) is 4.73.